The Morgan fingerprint density at radius 1 is 1.44 bits per heavy atom. The first-order chi connectivity index (χ1) is 8.49. The second-order valence-electron chi connectivity index (χ2n) is 5.78. The van der Waals surface area contributed by atoms with Gasteiger partial charge >= 0.3 is 0 Å². The molecule has 0 aromatic heterocycles. The highest BCUT2D eigenvalue weighted by molar-refractivity contribution is 5.80. The van der Waals surface area contributed by atoms with Crippen molar-refractivity contribution in [3.05, 3.63) is 0 Å². The van der Waals surface area contributed by atoms with Crippen molar-refractivity contribution in [1.82, 2.24) is 10.6 Å². The summed E-state index contributed by atoms with van der Waals surface area (Å²) in [4.78, 5) is 11.9. The van der Waals surface area contributed by atoms with Gasteiger partial charge < -0.3 is 15.4 Å². The molecule has 0 bridgehead atoms. The van der Waals surface area contributed by atoms with Crippen molar-refractivity contribution in [2.45, 2.75) is 65.1 Å². The molecule has 0 radical (unpaired) electrons. The monoisotopic (exact) mass is 256 g/mol. The zero-order valence-electron chi connectivity index (χ0n) is 12.2. The molecule has 1 heterocycles. The lowest BCUT2D eigenvalue weighted by atomic mass is 10.0. The number of carbonyl (C=O) groups is 1. The van der Waals surface area contributed by atoms with Gasteiger partial charge in [0.25, 0.3) is 0 Å². The second kappa shape index (κ2) is 7.74. The molecule has 4 nitrogen and oxygen atoms in total. The van der Waals surface area contributed by atoms with Crippen LogP contribution >= 0.6 is 0 Å². The molecule has 1 saturated heterocycles. The molecule has 0 aromatic carbocycles. The highest BCUT2D eigenvalue weighted by atomic mass is 16.5. The van der Waals surface area contributed by atoms with Gasteiger partial charge in [0.05, 0.1) is 0 Å². The van der Waals surface area contributed by atoms with E-state index in [1.807, 2.05) is 6.92 Å². The van der Waals surface area contributed by atoms with Gasteiger partial charge in [-0.3, -0.25) is 4.79 Å². The Kier molecular flexibility index (Phi) is 6.65. The zero-order chi connectivity index (χ0) is 13.5. The average molecular weight is 256 g/mol. The van der Waals surface area contributed by atoms with Crippen LogP contribution in [0.5, 0.6) is 0 Å². The van der Waals surface area contributed by atoms with E-state index in [9.17, 15) is 4.79 Å². The Labute approximate surface area is 111 Å². The number of nitrogens with one attached hydrogen (secondary N) is 2. The lowest BCUT2D eigenvalue weighted by molar-refractivity contribution is -0.132. The molecule has 0 spiro atoms. The molecule has 1 aliphatic rings. The van der Waals surface area contributed by atoms with Crippen molar-refractivity contribution in [1.29, 1.82) is 0 Å². The third kappa shape index (κ3) is 5.83. The Hall–Kier alpha value is -0.610. The first-order valence-electron chi connectivity index (χ1n) is 7.14. The van der Waals surface area contributed by atoms with Gasteiger partial charge in [0.2, 0.25) is 5.91 Å². The standard InChI is InChI=1S/C14H28N2O2/c1-10(2)6-8-18-12(4)14(17)16-13-5-7-15-11(3)9-13/h10-13,15H,5-9H2,1-4H3,(H,16,17). The third-order valence-corrected chi connectivity index (χ3v) is 3.40. The van der Waals surface area contributed by atoms with Crippen LogP contribution in [-0.2, 0) is 9.53 Å². The topological polar surface area (TPSA) is 50.4 Å². The minimum atomic E-state index is -0.339. The fourth-order valence-corrected chi connectivity index (χ4v) is 2.14. The highest BCUT2D eigenvalue weighted by Crippen LogP contribution is 2.09. The Morgan fingerprint density at radius 2 is 2.17 bits per heavy atom. The van der Waals surface area contributed by atoms with Gasteiger partial charge in [-0.1, -0.05) is 13.8 Å². The fraction of sp³-hybridized carbons (Fsp3) is 0.929. The van der Waals surface area contributed by atoms with E-state index >= 15 is 0 Å². The van der Waals surface area contributed by atoms with Crippen LogP contribution in [0.1, 0.15) is 47.0 Å². The van der Waals surface area contributed by atoms with E-state index in [1.165, 1.54) is 0 Å². The summed E-state index contributed by atoms with van der Waals surface area (Å²) in [6.45, 7) is 9.94. The van der Waals surface area contributed by atoms with Crippen molar-refractivity contribution in [3.8, 4) is 0 Å². The van der Waals surface area contributed by atoms with Gasteiger partial charge in [-0.25, -0.2) is 0 Å². The molecule has 0 saturated carbocycles. The second-order valence-corrected chi connectivity index (χ2v) is 5.78. The molecule has 4 heteroatoms. The van der Waals surface area contributed by atoms with E-state index in [4.69, 9.17) is 4.74 Å². The van der Waals surface area contributed by atoms with Crippen LogP contribution in [0, 0.1) is 5.92 Å². The average Bonchev–Trinajstić information content (AvgIpc) is 2.28. The third-order valence-electron chi connectivity index (χ3n) is 3.40. The van der Waals surface area contributed by atoms with Crippen LogP contribution in [0.3, 0.4) is 0 Å². The molecule has 3 atom stereocenters. The fourth-order valence-electron chi connectivity index (χ4n) is 2.14. The van der Waals surface area contributed by atoms with Gasteiger partial charge in [0.15, 0.2) is 0 Å². The van der Waals surface area contributed by atoms with Gasteiger partial charge in [-0.05, 0) is 45.6 Å². The van der Waals surface area contributed by atoms with E-state index < -0.39 is 0 Å². The summed E-state index contributed by atoms with van der Waals surface area (Å²) in [5, 5.41) is 6.46. The lowest BCUT2D eigenvalue weighted by Gasteiger charge is -2.29. The summed E-state index contributed by atoms with van der Waals surface area (Å²) in [6, 6.07) is 0.783. The van der Waals surface area contributed by atoms with Crippen LogP contribution in [0.2, 0.25) is 0 Å². The molecule has 3 unspecified atom stereocenters. The summed E-state index contributed by atoms with van der Waals surface area (Å²) < 4.78 is 5.56. The van der Waals surface area contributed by atoms with E-state index in [-0.39, 0.29) is 12.0 Å². The molecular formula is C14H28N2O2. The number of rotatable bonds is 6. The summed E-state index contributed by atoms with van der Waals surface area (Å²) >= 11 is 0. The Bertz CT molecular complexity index is 256. The molecule has 1 rings (SSSR count). The van der Waals surface area contributed by atoms with Crippen LogP contribution < -0.4 is 10.6 Å². The molecule has 0 aliphatic carbocycles. The Morgan fingerprint density at radius 3 is 2.78 bits per heavy atom. The molecule has 1 amide bonds. The molecule has 1 aliphatic heterocycles. The molecule has 0 aromatic rings. The zero-order valence-corrected chi connectivity index (χ0v) is 12.2. The van der Waals surface area contributed by atoms with Crippen molar-refractivity contribution in [3.63, 3.8) is 0 Å². The number of ether oxygens (including phenoxy) is 1. The van der Waals surface area contributed by atoms with Crippen molar-refractivity contribution < 1.29 is 9.53 Å². The maximum absolute atomic E-state index is 11.9. The van der Waals surface area contributed by atoms with E-state index in [0.717, 1.165) is 25.8 Å². The maximum Gasteiger partial charge on any atom is 0.249 e. The first kappa shape index (κ1) is 15.4. The minimum Gasteiger partial charge on any atom is -0.369 e. The smallest absolute Gasteiger partial charge is 0.249 e. The largest absolute Gasteiger partial charge is 0.369 e. The normalized spacial score (nSPS) is 26.1. The van der Waals surface area contributed by atoms with Gasteiger partial charge in [0.1, 0.15) is 6.10 Å². The van der Waals surface area contributed by atoms with Crippen molar-refractivity contribution in [2.75, 3.05) is 13.2 Å². The first-order valence-corrected chi connectivity index (χ1v) is 7.14. The van der Waals surface area contributed by atoms with Gasteiger partial charge in [-0.2, -0.15) is 0 Å². The van der Waals surface area contributed by atoms with E-state index in [1.54, 1.807) is 0 Å². The van der Waals surface area contributed by atoms with E-state index in [0.29, 0.717) is 24.6 Å². The quantitative estimate of drug-likeness (QED) is 0.760. The van der Waals surface area contributed by atoms with Crippen LogP contribution in [0.4, 0.5) is 0 Å². The number of piperidine rings is 1. The predicted molar refractivity (Wildman–Crippen MR) is 73.5 cm³/mol. The van der Waals surface area contributed by atoms with Crippen LogP contribution in [0.25, 0.3) is 0 Å². The molecule has 2 N–H and O–H groups in total. The summed E-state index contributed by atoms with van der Waals surface area (Å²) in [6.07, 6.45) is 2.68. The maximum atomic E-state index is 11.9. The van der Waals surface area contributed by atoms with Crippen LogP contribution in [-0.4, -0.2) is 37.2 Å². The number of carbonyl (C=O) groups excluding carboxylic acids is 1. The Balaban J connectivity index is 2.22. The van der Waals surface area contributed by atoms with Gasteiger partial charge in [-0.15, -0.1) is 0 Å². The van der Waals surface area contributed by atoms with Crippen molar-refractivity contribution >= 4 is 5.91 Å². The molecule has 106 valence electrons. The van der Waals surface area contributed by atoms with Gasteiger partial charge in [0, 0.05) is 18.7 Å². The molecule has 1 fully saturated rings. The minimum absolute atomic E-state index is 0.0258. The number of hydrogen-bond acceptors (Lipinski definition) is 3. The number of hydrogen-bond donors (Lipinski definition) is 2. The highest BCUT2D eigenvalue weighted by Gasteiger charge is 2.22. The molecular weight excluding hydrogens is 228 g/mol. The van der Waals surface area contributed by atoms with E-state index in [2.05, 4.69) is 31.4 Å². The summed E-state index contributed by atoms with van der Waals surface area (Å²) in [5.41, 5.74) is 0. The van der Waals surface area contributed by atoms with Crippen LogP contribution in [0.15, 0.2) is 0 Å². The van der Waals surface area contributed by atoms with Crippen molar-refractivity contribution in [2.24, 2.45) is 5.92 Å². The SMILES string of the molecule is CC(C)CCOC(C)C(=O)NC1CCNC(C)C1. The summed E-state index contributed by atoms with van der Waals surface area (Å²) in [5.74, 6) is 0.642. The predicted octanol–water partition coefficient (Wildman–Crippen LogP) is 1.69. The number of amides is 1. The summed E-state index contributed by atoms with van der Waals surface area (Å²) in [7, 11) is 0. The molecule has 18 heavy (non-hydrogen) atoms. The lowest BCUT2D eigenvalue weighted by Crippen LogP contribution is -2.49.